The Bertz CT molecular complexity index is 378. The van der Waals surface area contributed by atoms with Crippen molar-refractivity contribution in [3.63, 3.8) is 0 Å². The van der Waals surface area contributed by atoms with Crippen LogP contribution in [0.1, 0.15) is 42.3 Å². The van der Waals surface area contributed by atoms with Crippen molar-refractivity contribution in [2.24, 2.45) is 5.92 Å². The second-order valence-electron chi connectivity index (χ2n) is 4.35. The third kappa shape index (κ3) is 2.52. The van der Waals surface area contributed by atoms with Crippen molar-refractivity contribution in [2.75, 3.05) is 5.32 Å². The molecule has 0 amide bonds. The zero-order chi connectivity index (χ0) is 11.5. The molecule has 1 fully saturated rings. The summed E-state index contributed by atoms with van der Waals surface area (Å²) in [5.41, 5.74) is 0. The number of hydrogen-bond donors (Lipinski definition) is 2. The number of nitrogens with zero attached hydrogens (tertiary/aromatic N) is 1. The smallest absolute Gasteiger partial charge is 0.347 e. The first kappa shape index (κ1) is 11.4. The van der Waals surface area contributed by atoms with Gasteiger partial charge in [0.1, 0.15) is 4.88 Å². The van der Waals surface area contributed by atoms with E-state index in [9.17, 15) is 4.79 Å². The minimum absolute atomic E-state index is 0.297. The molecule has 16 heavy (non-hydrogen) atoms. The minimum Gasteiger partial charge on any atom is -0.477 e. The third-order valence-corrected chi connectivity index (χ3v) is 4.05. The van der Waals surface area contributed by atoms with E-state index in [4.69, 9.17) is 5.11 Å². The molecule has 5 heteroatoms. The summed E-state index contributed by atoms with van der Waals surface area (Å²) in [5.74, 6) is -0.256. The number of thiazole rings is 1. The van der Waals surface area contributed by atoms with Crippen LogP contribution in [-0.4, -0.2) is 22.1 Å². The van der Waals surface area contributed by atoms with E-state index in [-0.39, 0.29) is 0 Å². The first-order valence-electron chi connectivity index (χ1n) is 5.62. The van der Waals surface area contributed by atoms with Crippen molar-refractivity contribution in [3.05, 3.63) is 11.1 Å². The van der Waals surface area contributed by atoms with Gasteiger partial charge in [0.25, 0.3) is 0 Å². The van der Waals surface area contributed by atoms with Crippen LogP contribution in [0.15, 0.2) is 6.20 Å². The molecule has 0 aromatic carbocycles. The van der Waals surface area contributed by atoms with Gasteiger partial charge < -0.3 is 10.4 Å². The van der Waals surface area contributed by atoms with Gasteiger partial charge in [-0.1, -0.05) is 31.1 Å². The Morgan fingerprint density at radius 2 is 2.31 bits per heavy atom. The molecule has 1 aromatic rings. The van der Waals surface area contributed by atoms with Crippen LogP contribution in [0.25, 0.3) is 0 Å². The zero-order valence-corrected chi connectivity index (χ0v) is 10.1. The summed E-state index contributed by atoms with van der Waals surface area (Å²) >= 11 is 1.21. The highest BCUT2D eigenvalue weighted by molar-refractivity contribution is 7.17. The molecule has 0 bridgehead atoms. The lowest BCUT2D eigenvalue weighted by molar-refractivity contribution is 0.0702. The van der Waals surface area contributed by atoms with Crippen molar-refractivity contribution < 1.29 is 9.90 Å². The summed E-state index contributed by atoms with van der Waals surface area (Å²) in [7, 11) is 0. The molecule has 1 aliphatic carbocycles. The largest absolute Gasteiger partial charge is 0.477 e. The van der Waals surface area contributed by atoms with Gasteiger partial charge in [0.15, 0.2) is 5.13 Å². The molecule has 1 heterocycles. The summed E-state index contributed by atoms with van der Waals surface area (Å²) in [6.07, 6.45) is 6.37. The molecule has 0 spiro atoms. The molecule has 2 unspecified atom stereocenters. The molecule has 0 radical (unpaired) electrons. The van der Waals surface area contributed by atoms with Gasteiger partial charge in [-0.15, -0.1) is 0 Å². The van der Waals surface area contributed by atoms with Crippen LogP contribution in [0.4, 0.5) is 5.13 Å². The molecule has 1 saturated carbocycles. The number of hydrogen-bond acceptors (Lipinski definition) is 4. The molecule has 0 aliphatic heterocycles. The Morgan fingerprint density at radius 1 is 1.56 bits per heavy atom. The number of carboxylic acid groups (broad SMARTS) is 1. The predicted molar refractivity (Wildman–Crippen MR) is 64.1 cm³/mol. The van der Waals surface area contributed by atoms with E-state index in [0.717, 1.165) is 11.6 Å². The Balaban J connectivity index is 1.99. The highest BCUT2D eigenvalue weighted by Gasteiger charge is 2.22. The Labute approximate surface area is 98.7 Å². The predicted octanol–water partition coefficient (Wildman–Crippen LogP) is 2.83. The lowest BCUT2D eigenvalue weighted by Gasteiger charge is -2.29. The van der Waals surface area contributed by atoms with E-state index in [1.807, 2.05) is 0 Å². The average molecular weight is 240 g/mol. The SMILES string of the molecule is CC1CCCCC1Nc1ncc(C(=O)O)s1. The minimum atomic E-state index is -0.901. The molecule has 4 nitrogen and oxygen atoms in total. The molecule has 1 aromatic heterocycles. The van der Waals surface area contributed by atoms with Crippen LogP contribution < -0.4 is 5.32 Å². The standard InChI is InChI=1S/C11H16N2O2S/c1-7-4-2-3-5-8(7)13-11-12-6-9(16-11)10(14)15/h6-8H,2-5H2,1H3,(H,12,13)(H,14,15). The van der Waals surface area contributed by atoms with Crippen LogP contribution in [0.3, 0.4) is 0 Å². The van der Waals surface area contributed by atoms with Crippen molar-refractivity contribution >= 4 is 22.4 Å². The van der Waals surface area contributed by atoms with Crippen LogP contribution >= 0.6 is 11.3 Å². The first-order chi connectivity index (χ1) is 7.66. The maximum atomic E-state index is 10.7. The second kappa shape index (κ2) is 4.82. The maximum absolute atomic E-state index is 10.7. The maximum Gasteiger partial charge on any atom is 0.347 e. The average Bonchev–Trinajstić information content (AvgIpc) is 2.70. The number of aromatic nitrogens is 1. The number of carboxylic acids is 1. The van der Waals surface area contributed by atoms with Gasteiger partial charge in [-0.05, 0) is 18.8 Å². The molecule has 1 aliphatic rings. The van der Waals surface area contributed by atoms with Crippen molar-refractivity contribution in [1.82, 2.24) is 4.98 Å². The van der Waals surface area contributed by atoms with E-state index >= 15 is 0 Å². The van der Waals surface area contributed by atoms with Gasteiger partial charge in [0.2, 0.25) is 0 Å². The molecular weight excluding hydrogens is 224 g/mol. The van der Waals surface area contributed by atoms with Crippen LogP contribution in [0.2, 0.25) is 0 Å². The van der Waals surface area contributed by atoms with E-state index < -0.39 is 5.97 Å². The van der Waals surface area contributed by atoms with Crippen molar-refractivity contribution in [1.29, 1.82) is 0 Å². The Kier molecular flexibility index (Phi) is 3.43. The monoisotopic (exact) mass is 240 g/mol. The molecule has 2 N–H and O–H groups in total. The third-order valence-electron chi connectivity index (χ3n) is 3.14. The van der Waals surface area contributed by atoms with Crippen molar-refractivity contribution in [3.8, 4) is 0 Å². The van der Waals surface area contributed by atoms with Crippen LogP contribution in [-0.2, 0) is 0 Å². The number of anilines is 1. The lowest BCUT2D eigenvalue weighted by atomic mass is 9.86. The summed E-state index contributed by atoms with van der Waals surface area (Å²) < 4.78 is 0. The fraction of sp³-hybridized carbons (Fsp3) is 0.636. The highest BCUT2D eigenvalue weighted by Crippen LogP contribution is 2.28. The first-order valence-corrected chi connectivity index (χ1v) is 6.44. The Morgan fingerprint density at radius 3 is 2.94 bits per heavy atom. The molecule has 88 valence electrons. The lowest BCUT2D eigenvalue weighted by Crippen LogP contribution is -2.30. The fourth-order valence-corrected chi connectivity index (χ4v) is 2.85. The normalized spacial score (nSPS) is 25.3. The second-order valence-corrected chi connectivity index (χ2v) is 5.38. The number of rotatable bonds is 3. The van der Waals surface area contributed by atoms with Gasteiger partial charge in [-0.2, -0.15) is 0 Å². The van der Waals surface area contributed by atoms with Gasteiger partial charge in [-0.25, -0.2) is 9.78 Å². The number of carbonyl (C=O) groups is 1. The number of aromatic carboxylic acids is 1. The fourth-order valence-electron chi connectivity index (χ4n) is 2.13. The highest BCUT2D eigenvalue weighted by atomic mass is 32.1. The van der Waals surface area contributed by atoms with Gasteiger partial charge in [0.05, 0.1) is 6.20 Å². The van der Waals surface area contributed by atoms with E-state index in [0.29, 0.717) is 16.8 Å². The molecule has 2 rings (SSSR count). The molecule has 0 saturated heterocycles. The van der Waals surface area contributed by atoms with Gasteiger partial charge >= 0.3 is 5.97 Å². The van der Waals surface area contributed by atoms with E-state index in [2.05, 4.69) is 17.2 Å². The molecular formula is C11H16N2O2S. The number of nitrogens with one attached hydrogen (secondary N) is 1. The summed E-state index contributed by atoms with van der Waals surface area (Å²) in [4.78, 5) is 15.1. The van der Waals surface area contributed by atoms with E-state index in [1.165, 1.54) is 36.8 Å². The summed E-state index contributed by atoms with van der Waals surface area (Å²) in [6.45, 7) is 2.24. The van der Waals surface area contributed by atoms with Crippen LogP contribution in [0.5, 0.6) is 0 Å². The Hall–Kier alpha value is -1.10. The van der Waals surface area contributed by atoms with Crippen molar-refractivity contribution in [2.45, 2.75) is 38.6 Å². The van der Waals surface area contributed by atoms with Crippen LogP contribution in [0, 0.1) is 5.92 Å². The quantitative estimate of drug-likeness (QED) is 0.852. The van der Waals surface area contributed by atoms with Gasteiger partial charge in [0, 0.05) is 6.04 Å². The van der Waals surface area contributed by atoms with E-state index in [1.54, 1.807) is 0 Å². The summed E-state index contributed by atoms with van der Waals surface area (Å²) in [6, 6.07) is 0.446. The zero-order valence-electron chi connectivity index (χ0n) is 9.27. The molecule has 2 atom stereocenters. The summed E-state index contributed by atoms with van der Waals surface area (Å²) in [5, 5.41) is 12.9. The van der Waals surface area contributed by atoms with Gasteiger partial charge in [-0.3, -0.25) is 0 Å². The topological polar surface area (TPSA) is 62.2 Å².